The van der Waals surface area contributed by atoms with E-state index in [9.17, 15) is 19.8 Å². The van der Waals surface area contributed by atoms with Gasteiger partial charge in [-0.05, 0) is 75.2 Å². The van der Waals surface area contributed by atoms with E-state index in [1.54, 1.807) is 0 Å². The van der Waals surface area contributed by atoms with Crippen LogP contribution in [0.25, 0.3) is 0 Å². The number of carbonyl (C=O) groups is 2. The highest BCUT2D eigenvalue weighted by atomic mass is 16.3. The second-order valence-electron chi connectivity index (χ2n) is 9.52. The number of rotatable bonds is 1. The summed E-state index contributed by atoms with van der Waals surface area (Å²) in [6.07, 6.45) is 7.43. The number of ketones is 2. The number of fused-ring (bicyclic) bond motifs is 5. The van der Waals surface area contributed by atoms with E-state index in [-0.39, 0.29) is 22.9 Å². The molecule has 3 fully saturated rings. The minimum absolute atomic E-state index is 0.0230. The summed E-state index contributed by atoms with van der Waals surface area (Å²) in [6.45, 7) is 5.65. The van der Waals surface area contributed by atoms with Crippen molar-refractivity contribution in [3.05, 3.63) is 11.6 Å². The van der Waals surface area contributed by atoms with E-state index in [0.717, 1.165) is 25.7 Å². The highest BCUT2D eigenvalue weighted by Crippen LogP contribution is 2.69. The Labute approximate surface area is 149 Å². The third-order valence-electron chi connectivity index (χ3n) is 8.88. The molecule has 0 aromatic heterocycles. The molecule has 4 nitrogen and oxygen atoms in total. The van der Waals surface area contributed by atoms with Gasteiger partial charge in [0.1, 0.15) is 5.60 Å². The Bertz CT molecular complexity index is 681. The molecular weight excluding hydrogens is 316 g/mol. The molecule has 0 spiro atoms. The van der Waals surface area contributed by atoms with E-state index in [1.165, 1.54) is 12.5 Å². The van der Waals surface area contributed by atoms with Crippen LogP contribution in [0.4, 0.5) is 0 Å². The molecule has 0 aromatic carbocycles. The molecule has 4 heteroatoms. The Morgan fingerprint density at radius 3 is 2.44 bits per heavy atom. The smallest absolute Gasteiger partial charge is 0.161 e. The molecule has 3 saturated carbocycles. The van der Waals surface area contributed by atoms with Crippen molar-refractivity contribution in [2.24, 2.45) is 22.7 Å². The molecule has 6 unspecified atom stereocenters. The highest BCUT2D eigenvalue weighted by molar-refractivity contribution is 5.91. The molecule has 138 valence electrons. The first-order chi connectivity index (χ1) is 11.6. The van der Waals surface area contributed by atoms with E-state index in [1.807, 2.05) is 13.0 Å². The molecule has 0 amide bonds. The van der Waals surface area contributed by atoms with Gasteiger partial charge in [0.25, 0.3) is 0 Å². The molecule has 0 heterocycles. The molecule has 0 saturated heterocycles. The van der Waals surface area contributed by atoms with E-state index < -0.39 is 16.6 Å². The number of hydrogen-bond acceptors (Lipinski definition) is 4. The van der Waals surface area contributed by atoms with Crippen molar-refractivity contribution in [1.82, 2.24) is 0 Å². The zero-order valence-corrected chi connectivity index (χ0v) is 15.6. The number of allylic oxidation sites excluding steroid dienone is 1. The molecule has 0 aliphatic heterocycles. The Kier molecular flexibility index (Phi) is 3.51. The first kappa shape index (κ1) is 17.4. The predicted molar refractivity (Wildman–Crippen MR) is 93.8 cm³/mol. The molecule has 4 rings (SSSR count). The Morgan fingerprint density at radius 1 is 1.04 bits per heavy atom. The fourth-order valence-corrected chi connectivity index (χ4v) is 7.11. The number of Topliss-reactive ketones (excluding diaryl/α,β-unsaturated/α-hetero) is 1. The zero-order chi connectivity index (χ0) is 18.3. The fraction of sp³-hybridized carbons (Fsp3) is 0.810. The largest absolute Gasteiger partial charge is 0.389 e. The lowest BCUT2D eigenvalue weighted by atomic mass is 9.44. The monoisotopic (exact) mass is 346 g/mol. The summed E-state index contributed by atoms with van der Waals surface area (Å²) < 4.78 is 0. The zero-order valence-electron chi connectivity index (χ0n) is 15.6. The van der Waals surface area contributed by atoms with Crippen LogP contribution in [0.3, 0.4) is 0 Å². The van der Waals surface area contributed by atoms with Gasteiger partial charge in [-0.1, -0.05) is 19.4 Å². The van der Waals surface area contributed by atoms with Crippen LogP contribution in [0.1, 0.15) is 72.1 Å². The van der Waals surface area contributed by atoms with Crippen LogP contribution < -0.4 is 0 Å². The lowest BCUT2D eigenvalue weighted by Crippen LogP contribution is -2.65. The van der Waals surface area contributed by atoms with Crippen LogP contribution in [0.2, 0.25) is 0 Å². The maximum atomic E-state index is 12.2. The van der Waals surface area contributed by atoms with Crippen LogP contribution in [0.15, 0.2) is 11.6 Å². The van der Waals surface area contributed by atoms with Crippen molar-refractivity contribution < 1.29 is 19.8 Å². The SMILES string of the molecule is CC(=O)C1(O)CCC2(O)C3CCC4=CC(=O)CCC4(C)C3CCC12C. The van der Waals surface area contributed by atoms with Crippen molar-refractivity contribution in [3.8, 4) is 0 Å². The fourth-order valence-electron chi connectivity index (χ4n) is 7.11. The third kappa shape index (κ3) is 1.90. The second-order valence-corrected chi connectivity index (χ2v) is 9.52. The molecule has 2 N–H and O–H groups in total. The maximum Gasteiger partial charge on any atom is 0.161 e. The molecule has 4 aliphatic carbocycles. The van der Waals surface area contributed by atoms with Crippen molar-refractivity contribution >= 4 is 11.6 Å². The Morgan fingerprint density at radius 2 is 1.76 bits per heavy atom. The highest BCUT2D eigenvalue weighted by Gasteiger charge is 2.72. The van der Waals surface area contributed by atoms with Gasteiger partial charge in [-0.2, -0.15) is 0 Å². The predicted octanol–water partition coefficient (Wildman–Crippen LogP) is 2.95. The summed E-state index contributed by atoms with van der Waals surface area (Å²) in [7, 11) is 0. The third-order valence-corrected chi connectivity index (χ3v) is 8.88. The van der Waals surface area contributed by atoms with Gasteiger partial charge < -0.3 is 10.2 Å². The minimum atomic E-state index is -1.41. The number of hydrogen-bond donors (Lipinski definition) is 2. The summed E-state index contributed by atoms with van der Waals surface area (Å²) >= 11 is 0. The van der Waals surface area contributed by atoms with Gasteiger partial charge in [0.05, 0.1) is 5.60 Å². The van der Waals surface area contributed by atoms with Gasteiger partial charge in [-0.15, -0.1) is 0 Å². The lowest BCUT2D eigenvalue weighted by molar-refractivity contribution is -0.216. The minimum Gasteiger partial charge on any atom is -0.389 e. The van der Waals surface area contributed by atoms with Gasteiger partial charge in [-0.3, -0.25) is 9.59 Å². The maximum absolute atomic E-state index is 12.2. The summed E-state index contributed by atoms with van der Waals surface area (Å²) in [5.74, 6) is 0.440. The first-order valence-electron chi connectivity index (χ1n) is 9.78. The average Bonchev–Trinajstić information content (AvgIpc) is 2.78. The van der Waals surface area contributed by atoms with Crippen molar-refractivity contribution in [3.63, 3.8) is 0 Å². The van der Waals surface area contributed by atoms with Gasteiger partial charge in [-0.25, -0.2) is 0 Å². The van der Waals surface area contributed by atoms with Crippen molar-refractivity contribution in [2.45, 2.75) is 83.3 Å². The lowest BCUT2D eigenvalue weighted by Gasteiger charge is -2.62. The average molecular weight is 346 g/mol. The van der Waals surface area contributed by atoms with Gasteiger partial charge in [0.2, 0.25) is 0 Å². The number of aliphatic hydroxyl groups is 2. The standard InChI is InChI=1S/C21H30O4/c1-13(22)20(24)10-11-21(25)17-5-4-14-12-15(23)6-8-18(14,2)16(17)7-9-19(20,21)3/h12,16-17,24-25H,4-11H2,1-3H3. The molecule has 6 atom stereocenters. The van der Waals surface area contributed by atoms with Crippen LogP contribution in [0.5, 0.6) is 0 Å². The van der Waals surface area contributed by atoms with E-state index in [4.69, 9.17) is 0 Å². The molecular formula is C21H30O4. The van der Waals surface area contributed by atoms with Gasteiger partial charge in [0.15, 0.2) is 11.6 Å². The van der Waals surface area contributed by atoms with Crippen LogP contribution in [-0.2, 0) is 9.59 Å². The first-order valence-corrected chi connectivity index (χ1v) is 9.78. The Hall–Kier alpha value is -1.00. The summed E-state index contributed by atoms with van der Waals surface area (Å²) in [6, 6.07) is 0. The van der Waals surface area contributed by atoms with Crippen LogP contribution in [0, 0.1) is 22.7 Å². The normalized spacial score (nSPS) is 52.0. The van der Waals surface area contributed by atoms with Gasteiger partial charge in [0, 0.05) is 11.8 Å². The second kappa shape index (κ2) is 5.04. The molecule has 0 bridgehead atoms. The summed E-state index contributed by atoms with van der Waals surface area (Å²) in [5, 5.41) is 23.0. The van der Waals surface area contributed by atoms with Crippen molar-refractivity contribution in [2.75, 3.05) is 0 Å². The molecule has 4 aliphatic rings. The number of carbonyl (C=O) groups excluding carboxylic acids is 2. The molecule has 0 radical (unpaired) electrons. The topological polar surface area (TPSA) is 74.6 Å². The van der Waals surface area contributed by atoms with Crippen molar-refractivity contribution in [1.29, 1.82) is 0 Å². The van der Waals surface area contributed by atoms with E-state index in [0.29, 0.717) is 31.6 Å². The van der Waals surface area contributed by atoms with E-state index in [2.05, 4.69) is 6.92 Å². The van der Waals surface area contributed by atoms with Crippen LogP contribution in [-0.4, -0.2) is 33.0 Å². The van der Waals surface area contributed by atoms with Crippen LogP contribution >= 0.6 is 0 Å². The summed E-state index contributed by atoms with van der Waals surface area (Å²) in [5.41, 5.74) is -1.93. The quantitative estimate of drug-likeness (QED) is 0.765. The Balaban J connectivity index is 1.76. The van der Waals surface area contributed by atoms with E-state index >= 15 is 0 Å². The molecule has 25 heavy (non-hydrogen) atoms. The molecule has 0 aromatic rings. The van der Waals surface area contributed by atoms with Gasteiger partial charge >= 0.3 is 0 Å². The summed E-state index contributed by atoms with van der Waals surface area (Å²) in [4.78, 5) is 24.1.